The summed E-state index contributed by atoms with van der Waals surface area (Å²) in [6, 6.07) is 10.8. The van der Waals surface area contributed by atoms with Gasteiger partial charge < -0.3 is 10.4 Å². The quantitative estimate of drug-likeness (QED) is 0.360. The molecule has 0 fully saturated rings. The second-order valence-electron chi connectivity index (χ2n) is 9.13. The molecule has 0 spiro atoms. The Morgan fingerprint density at radius 2 is 1.85 bits per heavy atom. The van der Waals surface area contributed by atoms with E-state index in [-0.39, 0.29) is 17.1 Å². The number of nitrogens with one attached hydrogen (secondary N) is 1. The van der Waals surface area contributed by atoms with Crippen molar-refractivity contribution in [2.75, 3.05) is 11.1 Å². The number of aromatic nitrogens is 4. The average molecular weight is 518 g/mol. The number of carbonyl (C=O) groups is 1. The predicted molar refractivity (Wildman–Crippen MR) is 137 cm³/mol. The van der Waals surface area contributed by atoms with Gasteiger partial charge in [0.2, 0.25) is 11.1 Å². The zero-order valence-electron chi connectivity index (χ0n) is 19.5. The van der Waals surface area contributed by atoms with Crippen LogP contribution in [0.2, 0.25) is 10.0 Å². The SMILES string of the molecule is CC(C)(O)C#Cc1ccc(NC(=O)CSc2nnnn2-c2cc(C(C)(C)C)ccc2Cl)c(Cl)c1. The molecule has 2 aromatic carbocycles. The second-order valence-corrected chi connectivity index (χ2v) is 10.9. The van der Waals surface area contributed by atoms with Gasteiger partial charge in [0.25, 0.3) is 0 Å². The lowest BCUT2D eigenvalue weighted by molar-refractivity contribution is -0.113. The lowest BCUT2D eigenvalue weighted by atomic mass is 9.87. The number of hydrogen-bond donors (Lipinski definition) is 2. The minimum Gasteiger partial charge on any atom is -0.378 e. The third kappa shape index (κ3) is 6.97. The van der Waals surface area contributed by atoms with E-state index in [1.54, 1.807) is 32.0 Å². The molecule has 0 aliphatic rings. The molecular weight excluding hydrogens is 493 g/mol. The molecule has 0 unspecified atom stereocenters. The first-order chi connectivity index (χ1) is 15.8. The van der Waals surface area contributed by atoms with E-state index in [0.29, 0.717) is 32.1 Å². The van der Waals surface area contributed by atoms with E-state index in [9.17, 15) is 9.90 Å². The molecule has 0 atom stereocenters. The number of tetrazole rings is 1. The molecule has 34 heavy (non-hydrogen) atoms. The molecule has 178 valence electrons. The zero-order chi connectivity index (χ0) is 25.1. The maximum absolute atomic E-state index is 12.5. The van der Waals surface area contributed by atoms with Crippen molar-refractivity contribution in [2.45, 2.75) is 50.8 Å². The van der Waals surface area contributed by atoms with Crippen LogP contribution in [0.1, 0.15) is 45.7 Å². The molecule has 3 rings (SSSR count). The molecule has 0 saturated heterocycles. The Morgan fingerprint density at radius 3 is 2.50 bits per heavy atom. The van der Waals surface area contributed by atoms with Crippen molar-refractivity contribution in [3.05, 3.63) is 57.6 Å². The first kappa shape index (κ1) is 26.0. The van der Waals surface area contributed by atoms with Crippen molar-refractivity contribution in [1.29, 1.82) is 0 Å². The minimum atomic E-state index is -1.11. The van der Waals surface area contributed by atoms with Gasteiger partial charge in [-0.25, -0.2) is 0 Å². The Kier molecular flexibility index (Phi) is 7.94. The Bertz CT molecular complexity index is 1270. The number of aliphatic hydroxyl groups is 1. The molecule has 2 N–H and O–H groups in total. The van der Waals surface area contributed by atoms with Gasteiger partial charge in [0, 0.05) is 5.56 Å². The highest BCUT2D eigenvalue weighted by atomic mass is 35.5. The second kappa shape index (κ2) is 10.4. The van der Waals surface area contributed by atoms with Gasteiger partial charge in [-0.2, -0.15) is 4.68 Å². The average Bonchev–Trinajstić information content (AvgIpc) is 3.20. The van der Waals surface area contributed by atoms with Crippen molar-refractivity contribution in [1.82, 2.24) is 20.2 Å². The fourth-order valence-corrected chi connectivity index (χ4v) is 3.91. The molecule has 10 heteroatoms. The topological polar surface area (TPSA) is 92.9 Å². The first-order valence-corrected chi connectivity index (χ1v) is 12.1. The van der Waals surface area contributed by atoms with Crippen LogP contribution >= 0.6 is 35.0 Å². The van der Waals surface area contributed by atoms with Crippen molar-refractivity contribution in [3.63, 3.8) is 0 Å². The molecule has 0 bridgehead atoms. The van der Waals surface area contributed by atoms with E-state index in [4.69, 9.17) is 23.2 Å². The van der Waals surface area contributed by atoms with Gasteiger partial charge in [0.1, 0.15) is 5.60 Å². The van der Waals surface area contributed by atoms with Crippen LogP contribution in [-0.4, -0.2) is 42.6 Å². The first-order valence-electron chi connectivity index (χ1n) is 10.4. The monoisotopic (exact) mass is 517 g/mol. The standard InChI is InChI=1S/C24H25Cl2N5O2S/c1-23(2,3)16-7-8-17(25)20(13-16)31-22(28-29-30-31)34-14-21(32)27-19-9-6-15(12-18(19)26)10-11-24(4,5)33/h6-9,12-13,33H,14H2,1-5H3,(H,27,32). The van der Waals surface area contributed by atoms with E-state index >= 15 is 0 Å². The number of benzene rings is 2. The molecule has 3 aromatic rings. The minimum absolute atomic E-state index is 0.0630. The molecule has 1 aromatic heterocycles. The van der Waals surface area contributed by atoms with Gasteiger partial charge in [-0.1, -0.05) is 73.6 Å². The molecule has 0 aliphatic carbocycles. The van der Waals surface area contributed by atoms with Crippen LogP contribution in [0.25, 0.3) is 5.69 Å². The molecule has 1 heterocycles. The van der Waals surface area contributed by atoms with Crippen LogP contribution < -0.4 is 5.32 Å². The summed E-state index contributed by atoms with van der Waals surface area (Å²) in [6.45, 7) is 9.52. The summed E-state index contributed by atoms with van der Waals surface area (Å²) >= 11 is 13.9. The Labute approximate surface area is 213 Å². The Hall–Kier alpha value is -2.57. The van der Waals surface area contributed by atoms with Crippen molar-refractivity contribution < 1.29 is 9.90 Å². The van der Waals surface area contributed by atoms with Crippen molar-refractivity contribution in [3.8, 4) is 17.5 Å². The van der Waals surface area contributed by atoms with E-state index in [1.165, 1.54) is 16.4 Å². The summed E-state index contributed by atoms with van der Waals surface area (Å²) in [5.74, 6) is 5.36. The molecule has 0 saturated carbocycles. The number of nitrogens with zero attached hydrogens (tertiary/aromatic N) is 4. The van der Waals surface area contributed by atoms with E-state index in [1.807, 2.05) is 18.2 Å². The van der Waals surface area contributed by atoms with Crippen LogP contribution in [0, 0.1) is 11.8 Å². The summed E-state index contributed by atoms with van der Waals surface area (Å²) < 4.78 is 1.53. The lowest BCUT2D eigenvalue weighted by Gasteiger charge is -2.20. The molecule has 1 amide bonds. The van der Waals surface area contributed by atoms with Crippen LogP contribution in [-0.2, 0) is 10.2 Å². The van der Waals surface area contributed by atoms with E-state index < -0.39 is 5.60 Å². The van der Waals surface area contributed by atoms with E-state index in [2.05, 4.69) is 53.5 Å². The lowest BCUT2D eigenvalue weighted by Crippen LogP contribution is -2.15. The number of amides is 1. The third-order valence-corrected chi connectivity index (χ3v) is 6.12. The fraction of sp³-hybridized carbons (Fsp3) is 0.333. The molecule has 7 nitrogen and oxygen atoms in total. The highest BCUT2D eigenvalue weighted by Gasteiger charge is 2.19. The van der Waals surface area contributed by atoms with Crippen molar-refractivity contribution >= 4 is 46.6 Å². The third-order valence-electron chi connectivity index (χ3n) is 4.57. The number of halogens is 2. The smallest absolute Gasteiger partial charge is 0.234 e. The van der Waals surface area contributed by atoms with E-state index in [0.717, 1.165) is 5.56 Å². The fourth-order valence-electron chi connectivity index (χ4n) is 2.80. The normalized spacial score (nSPS) is 11.6. The summed E-state index contributed by atoms with van der Waals surface area (Å²) in [5.41, 5.74) is 1.64. The predicted octanol–water partition coefficient (Wildman–Crippen LogP) is 5.12. The zero-order valence-corrected chi connectivity index (χ0v) is 21.8. The van der Waals surface area contributed by atoms with Gasteiger partial charge >= 0.3 is 0 Å². The number of carbonyl (C=O) groups excluding carboxylic acids is 1. The Morgan fingerprint density at radius 1 is 1.12 bits per heavy atom. The number of anilines is 1. The molecule has 0 aliphatic heterocycles. The summed E-state index contributed by atoms with van der Waals surface area (Å²) in [7, 11) is 0. The number of thioether (sulfide) groups is 1. The molecular formula is C24H25Cl2N5O2S. The summed E-state index contributed by atoms with van der Waals surface area (Å²) in [6.07, 6.45) is 0. The van der Waals surface area contributed by atoms with Crippen molar-refractivity contribution in [2.24, 2.45) is 0 Å². The van der Waals surface area contributed by atoms with Gasteiger partial charge in [-0.05, 0) is 65.6 Å². The van der Waals surface area contributed by atoms with Gasteiger partial charge in [-0.3, -0.25) is 4.79 Å². The van der Waals surface area contributed by atoms with Gasteiger partial charge in [0.05, 0.1) is 27.2 Å². The van der Waals surface area contributed by atoms with Crippen LogP contribution in [0.3, 0.4) is 0 Å². The van der Waals surface area contributed by atoms with Gasteiger partial charge in [-0.15, -0.1) is 5.10 Å². The largest absolute Gasteiger partial charge is 0.378 e. The van der Waals surface area contributed by atoms with Crippen LogP contribution in [0.5, 0.6) is 0 Å². The number of hydrogen-bond acceptors (Lipinski definition) is 6. The van der Waals surface area contributed by atoms with Crippen LogP contribution in [0.15, 0.2) is 41.6 Å². The summed E-state index contributed by atoms with van der Waals surface area (Å²) in [4.78, 5) is 12.5. The maximum atomic E-state index is 12.5. The van der Waals surface area contributed by atoms with Gasteiger partial charge in [0.15, 0.2) is 0 Å². The Balaban J connectivity index is 1.70. The maximum Gasteiger partial charge on any atom is 0.234 e. The van der Waals surface area contributed by atoms with Crippen LogP contribution in [0.4, 0.5) is 5.69 Å². The summed E-state index contributed by atoms with van der Waals surface area (Å²) in [5, 5.41) is 25.6. The number of rotatable bonds is 5. The highest BCUT2D eigenvalue weighted by molar-refractivity contribution is 7.99. The molecule has 0 radical (unpaired) electrons. The highest BCUT2D eigenvalue weighted by Crippen LogP contribution is 2.30.